The predicted molar refractivity (Wildman–Crippen MR) is 78.1 cm³/mol. The van der Waals surface area contributed by atoms with Crippen molar-refractivity contribution in [2.24, 2.45) is 35.5 Å². The predicted octanol–water partition coefficient (Wildman–Crippen LogP) is 3.46. The fourth-order valence-corrected chi connectivity index (χ4v) is 4.35. The Bertz CT molecular complexity index is 372. The van der Waals surface area contributed by atoms with Crippen LogP contribution in [0.3, 0.4) is 0 Å². The standard InChI is InChI=1S/C17H28O3/c1-10(2)14-7-5-11(3)15-8-6-13(9-20-12(4)18)17(19)16(14)15/h10-11,13-16H,5-9H2,1-4H3/t11-,13-,14+,15-,16-/m0/s1. The Morgan fingerprint density at radius 3 is 2.55 bits per heavy atom. The van der Waals surface area contributed by atoms with E-state index in [1.165, 1.54) is 19.8 Å². The SMILES string of the molecule is CC(=O)OC[C@@H]1CC[C@@H]2[C@@H](C1=O)[C@@H](C(C)C)CC[C@@H]2C. The minimum absolute atomic E-state index is 0.0632. The van der Waals surface area contributed by atoms with Crippen LogP contribution in [0.5, 0.6) is 0 Å². The Hall–Kier alpha value is -0.860. The molecule has 20 heavy (non-hydrogen) atoms. The summed E-state index contributed by atoms with van der Waals surface area (Å²) >= 11 is 0. The first-order valence-corrected chi connectivity index (χ1v) is 8.09. The van der Waals surface area contributed by atoms with Crippen LogP contribution in [0.1, 0.15) is 53.4 Å². The van der Waals surface area contributed by atoms with E-state index < -0.39 is 0 Å². The third-order valence-electron chi connectivity index (χ3n) is 5.53. The van der Waals surface area contributed by atoms with Gasteiger partial charge in [0.2, 0.25) is 0 Å². The Morgan fingerprint density at radius 1 is 1.25 bits per heavy atom. The Kier molecular flexibility index (Phi) is 4.87. The van der Waals surface area contributed by atoms with Crippen molar-refractivity contribution in [1.29, 1.82) is 0 Å². The number of carbonyl (C=O) groups is 2. The first kappa shape index (κ1) is 15.5. The summed E-state index contributed by atoms with van der Waals surface area (Å²) in [5.74, 6) is 2.52. The molecule has 0 aromatic carbocycles. The van der Waals surface area contributed by atoms with Gasteiger partial charge >= 0.3 is 5.97 Å². The summed E-state index contributed by atoms with van der Waals surface area (Å²) in [6, 6.07) is 0. The van der Waals surface area contributed by atoms with Crippen LogP contribution in [0.15, 0.2) is 0 Å². The molecule has 3 heteroatoms. The zero-order valence-electron chi connectivity index (χ0n) is 13.2. The number of ether oxygens (including phenoxy) is 1. The zero-order chi connectivity index (χ0) is 14.9. The molecule has 2 aliphatic carbocycles. The van der Waals surface area contributed by atoms with Crippen molar-refractivity contribution in [1.82, 2.24) is 0 Å². The summed E-state index contributed by atoms with van der Waals surface area (Å²) in [6.45, 7) is 8.47. The van der Waals surface area contributed by atoms with Gasteiger partial charge in [-0.05, 0) is 42.9 Å². The quantitative estimate of drug-likeness (QED) is 0.744. The van der Waals surface area contributed by atoms with Crippen molar-refractivity contribution in [3.05, 3.63) is 0 Å². The molecule has 0 aliphatic heterocycles. The van der Waals surface area contributed by atoms with E-state index in [4.69, 9.17) is 4.74 Å². The number of esters is 1. The molecule has 0 bridgehead atoms. The molecule has 0 aromatic rings. The lowest BCUT2D eigenvalue weighted by Gasteiger charge is -2.47. The lowest BCUT2D eigenvalue weighted by molar-refractivity contribution is -0.149. The minimum atomic E-state index is -0.280. The van der Waals surface area contributed by atoms with Gasteiger partial charge in [0.25, 0.3) is 0 Å². The van der Waals surface area contributed by atoms with Gasteiger partial charge in [-0.1, -0.05) is 27.2 Å². The van der Waals surface area contributed by atoms with Crippen molar-refractivity contribution in [3.8, 4) is 0 Å². The first-order chi connectivity index (χ1) is 9.41. The van der Waals surface area contributed by atoms with Crippen LogP contribution in [-0.4, -0.2) is 18.4 Å². The highest BCUT2D eigenvalue weighted by atomic mass is 16.5. The molecule has 0 spiro atoms. The van der Waals surface area contributed by atoms with Crippen LogP contribution in [0.25, 0.3) is 0 Å². The molecule has 2 rings (SSSR count). The van der Waals surface area contributed by atoms with Gasteiger partial charge in [-0.3, -0.25) is 9.59 Å². The molecule has 2 saturated carbocycles. The van der Waals surface area contributed by atoms with E-state index in [9.17, 15) is 9.59 Å². The number of rotatable bonds is 3. The molecule has 3 nitrogen and oxygen atoms in total. The first-order valence-electron chi connectivity index (χ1n) is 8.09. The molecule has 0 heterocycles. The summed E-state index contributed by atoms with van der Waals surface area (Å²) in [5, 5.41) is 0. The molecule has 0 radical (unpaired) electrons. The summed E-state index contributed by atoms with van der Waals surface area (Å²) < 4.78 is 5.09. The van der Waals surface area contributed by atoms with Crippen molar-refractivity contribution in [2.75, 3.05) is 6.61 Å². The van der Waals surface area contributed by atoms with Crippen molar-refractivity contribution < 1.29 is 14.3 Å². The topological polar surface area (TPSA) is 43.4 Å². The molecule has 0 amide bonds. The second kappa shape index (κ2) is 6.28. The van der Waals surface area contributed by atoms with Crippen molar-refractivity contribution >= 4 is 11.8 Å². The molecule has 0 saturated heterocycles. The number of fused-ring (bicyclic) bond motifs is 1. The second-order valence-corrected chi connectivity index (χ2v) is 7.13. The Labute approximate surface area is 122 Å². The highest BCUT2D eigenvalue weighted by Gasteiger charge is 2.47. The number of Topliss-reactive ketones (excluding diaryl/α,β-unsaturated/α-hetero) is 1. The lowest BCUT2D eigenvalue weighted by atomic mass is 9.57. The fourth-order valence-electron chi connectivity index (χ4n) is 4.35. The van der Waals surface area contributed by atoms with E-state index in [0.717, 1.165) is 12.8 Å². The van der Waals surface area contributed by atoms with Crippen LogP contribution >= 0.6 is 0 Å². The molecule has 0 unspecified atom stereocenters. The lowest BCUT2D eigenvalue weighted by Crippen LogP contribution is -2.47. The largest absolute Gasteiger partial charge is 0.465 e. The van der Waals surface area contributed by atoms with Crippen molar-refractivity contribution in [3.63, 3.8) is 0 Å². The van der Waals surface area contributed by atoms with Gasteiger partial charge in [0.15, 0.2) is 0 Å². The molecule has 2 aliphatic rings. The number of carbonyl (C=O) groups excluding carboxylic acids is 2. The van der Waals surface area contributed by atoms with E-state index in [2.05, 4.69) is 20.8 Å². The van der Waals surface area contributed by atoms with E-state index in [1.54, 1.807) is 0 Å². The summed E-state index contributed by atoms with van der Waals surface area (Å²) in [5.41, 5.74) is 0. The highest BCUT2D eigenvalue weighted by Crippen LogP contribution is 2.48. The van der Waals surface area contributed by atoms with Crippen LogP contribution < -0.4 is 0 Å². The molecule has 0 N–H and O–H groups in total. The van der Waals surface area contributed by atoms with Gasteiger partial charge in [0.1, 0.15) is 12.4 Å². The van der Waals surface area contributed by atoms with E-state index in [0.29, 0.717) is 29.5 Å². The number of hydrogen-bond acceptors (Lipinski definition) is 3. The average molecular weight is 280 g/mol. The Morgan fingerprint density at radius 2 is 1.95 bits per heavy atom. The molecule has 5 atom stereocenters. The third-order valence-corrected chi connectivity index (χ3v) is 5.53. The summed E-state index contributed by atoms with van der Waals surface area (Å²) in [7, 11) is 0. The number of hydrogen-bond donors (Lipinski definition) is 0. The van der Waals surface area contributed by atoms with Gasteiger partial charge in [-0.2, -0.15) is 0 Å². The van der Waals surface area contributed by atoms with Crippen LogP contribution in [0.2, 0.25) is 0 Å². The maximum absolute atomic E-state index is 12.8. The van der Waals surface area contributed by atoms with Crippen LogP contribution in [0, 0.1) is 35.5 Å². The van der Waals surface area contributed by atoms with Gasteiger partial charge in [0.05, 0.1) is 5.92 Å². The maximum atomic E-state index is 12.8. The second-order valence-electron chi connectivity index (χ2n) is 7.13. The Balaban J connectivity index is 2.12. The van der Waals surface area contributed by atoms with Gasteiger partial charge < -0.3 is 4.74 Å². The van der Waals surface area contributed by atoms with E-state index >= 15 is 0 Å². The van der Waals surface area contributed by atoms with Gasteiger partial charge in [0, 0.05) is 12.8 Å². The maximum Gasteiger partial charge on any atom is 0.302 e. The summed E-state index contributed by atoms with van der Waals surface area (Å²) in [6.07, 6.45) is 4.44. The molecular weight excluding hydrogens is 252 g/mol. The molecule has 0 aromatic heterocycles. The summed E-state index contributed by atoms with van der Waals surface area (Å²) in [4.78, 5) is 23.8. The zero-order valence-corrected chi connectivity index (χ0v) is 13.2. The molecule has 2 fully saturated rings. The average Bonchev–Trinajstić information content (AvgIpc) is 2.38. The normalized spacial score (nSPS) is 37.6. The smallest absolute Gasteiger partial charge is 0.302 e. The number of ketones is 1. The third kappa shape index (κ3) is 3.07. The van der Waals surface area contributed by atoms with Gasteiger partial charge in [-0.25, -0.2) is 0 Å². The fraction of sp³-hybridized carbons (Fsp3) is 0.882. The minimum Gasteiger partial charge on any atom is -0.465 e. The van der Waals surface area contributed by atoms with Crippen LogP contribution in [-0.2, 0) is 14.3 Å². The van der Waals surface area contributed by atoms with Crippen molar-refractivity contribution in [2.45, 2.75) is 53.4 Å². The molecular formula is C17H28O3. The monoisotopic (exact) mass is 280 g/mol. The van der Waals surface area contributed by atoms with E-state index in [1.807, 2.05) is 0 Å². The van der Waals surface area contributed by atoms with E-state index in [-0.39, 0.29) is 24.4 Å². The molecule has 114 valence electrons. The highest BCUT2D eigenvalue weighted by molar-refractivity contribution is 5.85. The van der Waals surface area contributed by atoms with Crippen LogP contribution in [0.4, 0.5) is 0 Å². The van der Waals surface area contributed by atoms with Gasteiger partial charge in [-0.15, -0.1) is 0 Å².